The molecule has 4 rings (SSSR count). The van der Waals surface area contributed by atoms with Crippen molar-refractivity contribution in [1.82, 2.24) is 19.5 Å². The summed E-state index contributed by atoms with van der Waals surface area (Å²) in [6.45, 7) is 0.430. The summed E-state index contributed by atoms with van der Waals surface area (Å²) in [6, 6.07) is 9.80. The molecule has 1 aliphatic rings. The largest absolute Gasteiger partial charge is 0.471 e. The molecule has 1 aliphatic carbocycles. The van der Waals surface area contributed by atoms with Crippen molar-refractivity contribution in [2.24, 2.45) is 11.8 Å². The van der Waals surface area contributed by atoms with Crippen LogP contribution < -0.4 is 10.5 Å². The fourth-order valence-corrected chi connectivity index (χ4v) is 3.55. The van der Waals surface area contributed by atoms with Gasteiger partial charge >= 0.3 is 0 Å². The molecule has 0 aliphatic heterocycles. The number of nitrogen functional groups attached to an aromatic ring is 1. The van der Waals surface area contributed by atoms with Crippen molar-refractivity contribution in [1.29, 1.82) is 0 Å². The monoisotopic (exact) mass is 355 g/mol. The summed E-state index contributed by atoms with van der Waals surface area (Å²) in [4.78, 5) is 12.9. The smallest absolute Gasteiger partial charge is 0.247 e. The minimum atomic E-state index is -0.0257. The number of ether oxygens (including phenoxy) is 1. The molecule has 2 heterocycles. The van der Waals surface area contributed by atoms with Crippen LogP contribution in [-0.2, 0) is 6.61 Å². The van der Waals surface area contributed by atoms with Crippen LogP contribution in [0.3, 0.4) is 0 Å². The molecular weight excluding hydrogens is 334 g/mol. The Hall–Kier alpha value is -2.71. The fraction of sp³-hybridized carbons (Fsp3) is 0.389. The lowest BCUT2D eigenvalue weighted by atomic mass is 9.70. The number of anilines is 1. The van der Waals surface area contributed by atoms with Gasteiger partial charge in [0.05, 0.1) is 6.33 Å². The number of rotatable bonds is 6. The zero-order chi connectivity index (χ0) is 18.1. The highest BCUT2D eigenvalue weighted by Crippen LogP contribution is 2.44. The van der Waals surface area contributed by atoms with E-state index in [0.717, 1.165) is 12.0 Å². The average molecular weight is 355 g/mol. The molecule has 1 fully saturated rings. The van der Waals surface area contributed by atoms with Gasteiger partial charge in [-0.25, -0.2) is 4.98 Å². The molecule has 3 atom stereocenters. The predicted molar refractivity (Wildman–Crippen MR) is 95.3 cm³/mol. The van der Waals surface area contributed by atoms with Crippen LogP contribution in [0.1, 0.15) is 18.0 Å². The summed E-state index contributed by atoms with van der Waals surface area (Å²) >= 11 is 0. The number of aromatic nitrogens is 4. The Morgan fingerprint density at radius 3 is 2.69 bits per heavy atom. The minimum Gasteiger partial charge on any atom is -0.471 e. The van der Waals surface area contributed by atoms with Crippen LogP contribution in [-0.4, -0.2) is 42.9 Å². The molecule has 136 valence electrons. The van der Waals surface area contributed by atoms with Crippen molar-refractivity contribution in [2.45, 2.75) is 19.1 Å². The first kappa shape index (κ1) is 16.7. The van der Waals surface area contributed by atoms with E-state index in [1.54, 1.807) is 6.33 Å². The molecule has 8 heteroatoms. The second kappa shape index (κ2) is 6.89. The van der Waals surface area contributed by atoms with Crippen molar-refractivity contribution >= 4 is 17.1 Å². The lowest BCUT2D eigenvalue weighted by molar-refractivity contribution is -0.00528. The van der Waals surface area contributed by atoms with Crippen LogP contribution in [0.2, 0.25) is 0 Å². The van der Waals surface area contributed by atoms with E-state index in [9.17, 15) is 10.2 Å². The Bertz CT molecular complexity index is 898. The zero-order valence-electron chi connectivity index (χ0n) is 14.2. The first-order chi connectivity index (χ1) is 12.7. The van der Waals surface area contributed by atoms with E-state index < -0.39 is 0 Å². The number of aliphatic hydroxyl groups excluding tert-OH is 2. The number of imidazole rings is 1. The number of aliphatic hydroxyl groups is 2. The summed E-state index contributed by atoms with van der Waals surface area (Å²) in [5.74, 6) is 0.521. The second-order valence-electron chi connectivity index (χ2n) is 6.58. The third-order valence-electron chi connectivity index (χ3n) is 5.07. The molecule has 8 nitrogen and oxygen atoms in total. The molecule has 1 aromatic carbocycles. The van der Waals surface area contributed by atoms with E-state index in [4.69, 9.17) is 10.5 Å². The maximum absolute atomic E-state index is 9.62. The van der Waals surface area contributed by atoms with Gasteiger partial charge in [-0.15, -0.1) is 0 Å². The molecule has 2 aromatic heterocycles. The molecule has 0 radical (unpaired) electrons. The first-order valence-corrected chi connectivity index (χ1v) is 8.59. The molecule has 0 saturated heterocycles. The number of nitrogens with zero attached hydrogens (tertiary/aromatic N) is 4. The maximum atomic E-state index is 9.62. The van der Waals surface area contributed by atoms with E-state index >= 15 is 0 Å². The zero-order valence-corrected chi connectivity index (χ0v) is 14.2. The van der Waals surface area contributed by atoms with Gasteiger partial charge in [0, 0.05) is 25.2 Å². The van der Waals surface area contributed by atoms with Crippen LogP contribution in [0.4, 0.5) is 5.95 Å². The summed E-state index contributed by atoms with van der Waals surface area (Å²) < 4.78 is 7.73. The Morgan fingerprint density at radius 2 is 1.96 bits per heavy atom. The third-order valence-corrected chi connectivity index (χ3v) is 5.07. The van der Waals surface area contributed by atoms with Crippen molar-refractivity contribution in [2.75, 3.05) is 18.9 Å². The Morgan fingerprint density at radius 1 is 1.15 bits per heavy atom. The van der Waals surface area contributed by atoms with Gasteiger partial charge in [0.1, 0.15) is 6.61 Å². The van der Waals surface area contributed by atoms with Crippen LogP contribution in [0, 0.1) is 11.8 Å². The first-order valence-electron chi connectivity index (χ1n) is 8.59. The van der Waals surface area contributed by atoms with Crippen molar-refractivity contribution in [3.63, 3.8) is 0 Å². The van der Waals surface area contributed by atoms with Gasteiger partial charge in [-0.05, 0) is 17.9 Å². The normalized spacial score (nSPS) is 22.3. The quantitative estimate of drug-likeness (QED) is 0.607. The van der Waals surface area contributed by atoms with Gasteiger partial charge < -0.3 is 25.3 Å². The topological polar surface area (TPSA) is 119 Å². The average Bonchev–Trinajstić information content (AvgIpc) is 3.04. The number of nitrogens with two attached hydrogens (primary N) is 1. The van der Waals surface area contributed by atoms with Gasteiger partial charge in [-0.1, -0.05) is 30.3 Å². The van der Waals surface area contributed by atoms with E-state index in [2.05, 4.69) is 15.0 Å². The highest BCUT2D eigenvalue weighted by Gasteiger charge is 2.42. The van der Waals surface area contributed by atoms with Crippen LogP contribution in [0.25, 0.3) is 11.2 Å². The molecule has 26 heavy (non-hydrogen) atoms. The lowest BCUT2D eigenvalue weighted by Crippen LogP contribution is -2.42. The predicted octanol–water partition coefficient (Wildman–Crippen LogP) is 1.15. The summed E-state index contributed by atoms with van der Waals surface area (Å²) in [5.41, 5.74) is 8.01. The fourth-order valence-electron chi connectivity index (χ4n) is 3.55. The van der Waals surface area contributed by atoms with Crippen LogP contribution in [0.5, 0.6) is 5.88 Å². The Balaban J connectivity index is 1.63. The molecule has 0 amide bonds. The number of benzene rings is 1. The summed E-state index contributed by atoms with van der Waals surface area (Å²) in [6.07, 6.45) is 2.44. The van der Waals surface area contributed by atoms with Crippen molar-refractivity contribution in [3.05, 3.63) is 42.2 Å². The lowest BCUT2D eigenvalue weighted by Gasteiger charge is -2.43. The molecule has 0 spiro atoms. The number of hydrogen-bond donors (Lipinski definition) is 3. The van der Waals surface area contributed by atoms with Gasteiger partial charge in [0.25, 0.3) is 0 Å². The van der Waals surface area contributed by atoms with Crippen LogP contribution >= 0.6 is 0 Å². The molecular formula is C18H21N5O3. The van der Waals surface area contributed by atoms with E-state index in [-0.39, 0.29) is 37.0 Å². The van der Waals surface area contributed by atoms with E-state index in [0.29, 0.717) is 23.7 Å². The molecule has 1 unspecified atom stereocenters. The minimum absolute atomic E-state index is 0.00744. The third kappa shape index (κ3) is 2.87. The number of fused-ring (bicyclic) bond motifs is 1. The molecule has 3 aromatic rings. The second-order valence-corrected chi connectivity index (χ2v) is 6.58. The van der Waals surface area contributed by atoms with Gasteiger partial charge in [-0.3, -0.25) is 0 Å². The maximum Gasteiger partial charge on any atom is 0.247 e. The van der Waals surface area contributed by atoms with Crippen LogP contribution in [0.15, 0.2) is 36.7 Å². The van der Waals surface area contributed by atoms with Gasteiger partial charge in [-0.2, -0.15) is 9.97 Å². The molecule has 1 saturated carbocycles. The highest BCUT2D eigenvalue weighted by molar-refractivity contribution is 5.77. The molecule has 0 bridgehead atoms. The highest BCUT2D eigenvalue weighted by atomic mass is 16.5. The van der Waals surface area contributed by atoms with E-state index in [1.165, 1.54) is 0 Å². The van der Waals surface area contributed by atoms with Gasteiger partial charge in [0.15, 0.2) is 11.2 Å². The van der Waals surface area contributed by atoms with E-state index in [1.807, 2.05) is 34.9 Å². The Labute approximate surface area is 150 Å². The standard InChI is InChI=1S/C18H21N5O3/c19-18-21-16-15(17(22-18)26-9-11-4-2-1-3-5-11)20-10-23(16)14-6-12(7-24)13(14)8-25/h1-5,10,12-14,24-25H,6-9H2,(H2,19,21,22)/t12?,13-,14-/m1/s1. The van der Waals surface area contributed by atoms with Crippen molar-refractivity contribution in [3.8, 4) is 5.88 Å². The SMILES string of the molecule is Nc1nc(OCc2ccccc2)c2ncn([C@@H]3CC(CO)[C@H]3CO)c2n1. The molecule has 4 N–H and O–H groups in total. The Kier molecular flexibility index (Phi) is 4.44. The van der Waals surface area contributed by atoms with Gasteiger partial charge in [0.2, 0.25) is 11.8 Å². The summed E-state index contributed by atoms with van der Waals surface area (Å²) in [7, 11) is 0. The van der Waals surface area contributed by atoms with Crippen molar-refractivity contribution < 1.29 is 14.9 Å². The number of hydrogen-bond acceptors (Lipinski definition) is 7. The summed E-state index contributed by atoms with van der Waals surface area (Å²) in [5, 5.41) is 19.0.